The van der Waals surface area contributed by atoms with Crippen LogP contribution < -0.4 is 5.32 Å². The van der Waals surface area contributed by atoms with Crippen molar-refractivity contribution < 1.29 is 4.79 Å². The predicted octanol–water partition coefficient (Wildman–Crippen LogP) is 4.66. The summed E-state index contributed by atoms with van der Waals surface area (Å²) in [5, 5.41) is 7.97. The minimum Gasteiger partial charge on any atom is -0.345 e. The summed E-state index contributed by atoms with van der Waals surface area (Å²) in [4.78, 5) is 22.7. The van der Waals surface area contributed by atoms with Crippen LogP contribution in [0.2, 0.25) is 0 Å². The van der Waals surface area contributed by atoms with Crippen molar-refractivity contribution in [3.63, 3.8) is 0 Å². The van der Waals surface area contributed by atoms with Gasteiger partial charge in [-0.25, -0.2) is 4.98 Å². The monoisotopic (exact) mass is 408 g/mol. The Morgan fingerprint density at radius 1 is 1.18 bits per heavy atom. The van der Waals surface area contributed by atoms with Gasteiger partial charge in [0.1, 0.15) is 5.01 Å². The molecule has 1 N–H and O–H groups in total. The number of thiazole rings is 1. The number of amides is 1. The average molecular weight is 409 g/mol. The molecule has 0 aromatic carbocycles. The summed E-state index contributed by atoms with van der Waals surface area (Å²) in [5.74, 6) is -0.0637. The second kappa shape index (κ2) is 8.08. The fourth-order valence-corrected chi connectivity index (χ4v) is 4.57. The third-order valence-corrected chi connectivity index (χ3v) is 6.35. The van der Waals surface area contributed by atoms with Crippen LogP contribution in [0, 0.1) is 13.8 Å². The number of nitrogens with zero attached hydrogens (tertiary/aromatic N) is 3. The quantitative estimate of drug-likeness (QED) is 0.505. The number of pyridine rings is 1. The molecule has 4 rings (SSSR count). The van der Waals surface area contributed by atoms with E-state index >= 15 is 0 Å². The molecule has 0 bridgehead atoms. The Kier molecular flexibility index (Phi) is 5.36. The van der Waals surface area contributed by atoms with Crippen molar-refractivity contribution in [1.29, 1.82) is 0 Å². The van der Waals surface area contributed by atoms with Gasteiger partial charge in [0, 0.05) is 39.6 Å². The summed E-state index contributed by atoms with van der Waals surface area (Å²) in [7, 11) is 0. The van der Waals surface area contributed by atoms with Crippen molar-refractivity contribution in [2.45, 2.75) is 26.9 Å². The summed E-state index contributed by atoms with van der Waals surface area (Å²) >= 11 is 3.28. The van der Waals surface area contributed by atoms with Gasteiger partial charge in [0.05, 0.1) is 24.3 Å². The maximum Gasteiger partial charge on any atom is 0.253 e. The molecule has 0 saturated carbocycles. The van der Waals surface area contributed by atoms with Gasteiger partial charge in [-0.3, -0.25) is 9.78 Å². The average Bonchev–Trinajstić information content (AvgIpc) is 3.45. The van der Waals surface area contributed by atoms with Crippen molar-refractivity contribution in [2.75, 3.05) is 0 Å². The molecule has 0 aliphatic rings. The topological polar surface area (TPSA) is 59.8 Å². The molecular formula is C21H20N4OS2. The van der Waals surface area contributed by atoms with Crippen LogP contribution in [0.15, 0.2) is 53.5 Å². The zero-order valence-corrected chi connectivity index (χ0v) is 17.3. The van der Waals surface area contributed by atoms with E-state index < -0.39 is 0 Å². The molecule has 0 aliphatic heterocycles. The van der Waals surface area contributed by atoms with Gasteiger partial charge >= 0.3 is 0 Å². The van der Waals surface area contributed by atoms with Gasteiger partial charge in [0.15, 0.2) is 0 Å². The number of aromatic nitrogens is 3. The maximum atomic E-state index is 12.7. The molecule has 0 aliphatic carbocycles. The molecule has 0 unspecified atom stereocenters. The zero-order valence-electron chi connectivity index (χ0n) is 15.7. The van der Waals surface area contributed by atoms with E-state index in [1.165, 1.54) is 4.88 Å². The van der Waals surface area contributed by atoms with Crippen LogP contribution in [-0.2, 0) is 13.1 Å². The zero-order chi connectivity index (χ0) is 19.5. The van der Waals surface area contributed by atoms with E-state index in [1.54, 1.807) is 35.1 Å². The fourth-order valence-electron chi connectivity index (χ4n) is 3.13. The van der Waals surface area contributed by atoms with Crippen LogP contribution in [0.4, 0.5) is 0 Å². The third-order valence-electron chi connectivity index (χ3n) is 4.64. The highest BCUT2D eigenvalue weighted by Crippen LogP contribution is 2.22. The first kappa shape index (κ1) is 18.6. The summed E-state index contributed by atoms with van der Waals surface area (Å²) in [6.45, 7) is 5.26. The first-order valence-corrected chi connectivity index (χ1v) is 10.7. The van der Waals surface area contributed by atoms with Crippen molar-refractivity contribution in [3.8, 4) is 11.3 Å². The molecule has 1 amide bonds. The van der Waals surface area contributed by atoms with Crippen molar-refractivity contribution in [2.24, 2.45) is 0 Å². The largest absolute Gasteiger partial charge is 0.345 e. The molecule has 0 radical (unpaired) electrons. The first-order valence-electron chi connectivity index (χ1n) is 8.94. The molecule has 7 heteroatoms. The lowest BCUT2D eigenvalue weighted by atomic mass is 10.2. The van der Waals surface area contributed by atoms with Gasteiger partial charge in [0.25, 0.3) is 5.91 Å². The number of hydrogen-bond donors (Lipinski definition) is 1. The molecule has 0 spiro atoms. The lowest BCUT2D eigenvalue weighted by molar-refractivity contribution is 0.0950. The number of thiophene rings is 1. The molecule has 0 fully saturated rings. The molecule has 4 aromatic rings. The summed E-state index contributed by atoms with van der Waals surface area (Å²) in [6, 6.07) is 9.99. The number of nitrogens with one attached hydrogen (secondary N) is 1. The molecule has 142 valence electrons. The first-order chi connectivity index (χ1) is 13.6. The number of carbonyl (C=O) groups is 1. The van der Waals surface area contributed by atoms with Crippen LogP contribution in [0.3, 0.4) is 0 Å². The third kappa shape index (κ3) is 3.90. The second-order valence-electron chi connectivity index (χ2n) is 6.50. The van der Waals surface area contributed by atoms with E-state index in [4.69, 9.17) is 0 Å². The fraction of sp³-hybridized carbons (Fsp3) is 0.190. The Balaban J connectivity index is 1.44. The van der Waals surface area contributed by atoms with Crippen LogP contribution in [-0.4, -0.2) is 20.4 Å². The summed E-state index contributed by atoms with van der Waals surface area (Å²) < 4.78 is 2.19. The standard InChI is InChI=1S/C21H20N4OS2/c1-14-10-18(15(2)25(14)12-17-4-3-9-27-17)21(26)23-11-20-24-19(13-28-20)16-5-7-22-8-6-16/h3-10,13H,11-12H2,1-2H3,(H,23,26). The summed E-state index contributed by atoms with van der Waals surface area (Å²) in [5.41, 5.74) is 4.73. The van der Waals surface area contributed by atoms with E-state index in [2.05, 4.69) is 37.4 Å². The predicted molar refractivity (Wildman–Crippen MR) is 114 cm³/mol. The van der Waals surface area contributed by atoms with E-state index in [9.17, 15) is 4.79 Å². The van der Waals surface area contributed by atoms with Gasteiger partial charge in [-0.15, -0.1) is 22.7 Å². The lowest BCUT2D eigenvalue weighted by Crippen LogP contribution is -2.23. The van der Waals surface area contributed by atoms with Gasteiger partial charge in [-0.1, -0.05) is 6.07 Å². The molecule has 4 aromatic heterocycles. The van der Waals surface area contributed by atoms with Gasteiger partial charge < -0.3 is 9.88 Å². The number of carbonyl (C=O) groups excluding carboxylic acids is 1. The Bertz CT molecular complexity index is 1080. The van der Waals surface area contributed by atoms with Gasteiger partial charge in [0.2, 0.25) is 0 Å². The van der Waals surface area contributed by atoms with Crippen molar-refractivity contribution >= 4 is 28.6 Å². The van der Waals surface area contributed by atoms with Crippen LogP contribution >= 0.6 is 22.7 Å². The molecule has 28 heavy (non-hydrogen) atoms. The van der Waals surface area contributed by atoms with Crippen LogP contribution in [0.1, 0.15) is 31.6 Å². The molecule has 0 atom stereocenters. The molecule has 4 heterocycles. The molecule has 0 saturated heterocycles. The smallest absolute Gasteiger partial charge is 0.253 e. The number of hydrogen-bond acceptors (Lipinski definition) is 5. The van der Waals surface area contributed by atoms with Gasteiger partial charge in [-0.2, -0.15) is 0 Å². The Hall–Kier alpha value is -2.77. The minimum absolute atomic E-state index is 0.0637. The Morgan fingerprint density at radius 3 is 2.75 bits per heavy atom. The van der Waals surface area contributed by atoms with Crippen LogP contribution in [0.25, 0.3) is 11.3 Å². The van der Waals surface area contributed by atoms with E-state index in [0.717, 1.165) is 39.8 Å². The van der Waals surface area contributed by atoms with Crippen LogP contribution in [0.5, 0.6) is 0 Å². The highest BCUT2D eigenvalue weighted by molar-refractivity contribution is 7.10. The minimum atomic E-state index is -0.0637. The van der Waals surface area contributed by atoms with E-state index in [-0.39, 0.29) is 5.91 Å². The van der Waals surface area contributed by atoms with Gasteiger partial charge in [-0.05, 0) is 43.5 Å². The SMILES string of the molecule is Cc1cc(C(=O)NCc2nc(-c3ccncc3)cs2)c(C)n1Cc1cccs1. The normalized spacial score (nSPS) is 10.9. The van der Waals surface area contributed by atoms with Crippen molar-refractivity contribution in [1.82, 2.24) is 19.9 Å². The second-order valence-corrected chi connectivity index (χ2v) is 8.47. The highest BCUT2D eigenvalue weighted by atomic mass is 32.1. The van der Waals surface area contributed by atoms with E-state index in [1.807, 2.05) is 37.4 Å². The summed E-state index contributed by atoms with van der Waals surface area (Å²) in [6.07, 6.45) is 3.50. The lowest BCUT2D eigenvalue weighted by Gasteiger charge is -2.08. The van der Waals surface area contributed by atoms with E-state index in [0.29, 0.717) is 6.54 Å². The number of aryl methyl sites for hydroxylation is 1. The Labute approximate surface area is 171 Å². The maximum absolute atomic E-state index is 12.7. The Morgan fingerprint density at radius 2 is 2.00 bits per heavy atom. The molecule has 5 nitrogen and oxygen atoms in total. The van der Waals surface area contributed by atoms with Crippen molar-refractivity contribution in [3.05, 3.63) is 80.3 Å². The highest BCUT2D eigenvalue weighted by Gasteiger charge is 2.16. The molecular weight excluding hydrogens is 388 g/mol. The number of rotatable bonds is 6.